The quantitative estimate of drug-likeness (QED) is 0.198. The van der Waals surface area contributed by atoms with E-state index >= 15 is 0 Å². The van der Waals surface area contributed by atoms with Crippen LogP contribution in [0.2, 0.25) is 5.02 Å². The van der Waals surface area contributed by atoms with Crippen molar-refractivity contribution in [3.63, 3.8) is 0 Å². The van der Waals surface area contributed by atoms with Gasteiger partial charge in [0.05, 0.1) is 9.95 Å². The Morgan fingerprint density at radius 2 is 1.76 bits per heavy atom. The number of nitro groups is 1. The number of benzene rings is 2. The van der Waals surface area contributed by atoms with E-state index in [1.54, 1.807) is 0 Å². The van der Waals surface area contributed by atoms with Crippen LogP contribution in [0.5, 0.6) is 0 Å². The Morgan fingerprint density at radius 3 is 2.32 bits per heavy atom. The number of alkyl halides is 4. The summed E-state index contributed by atoms with van der Waals surface area (Å²) in [5.74, 6) is -0.909. The normalized spacial score (nSPS) is 12.3. The minimum absolute atomic E-state index is 0.0200. The van der Waals surface area contributed by atoms with E-state index in [4.69, 9.17) is 11.6 Å². The summed E-state index contributed by atoms with van der Waals surface area (Å²) in [7, 11) is 0. The summed E-state index contributed by atoms with van der Waals surface area (Å²) in [6.07, 6.45) is -6.49. The molecule has 1 unspecified atom stereocenters. The van der Waals surface area contributed by atoms with E-state index in [0.29, 0.717) is 9.58 Å². The summed E-state index contributed by atoms with van der Waals surface area (Å²) < 4.78 is 53.5. The lowest BCUT2D eigenvalue weighted by molar-refractivity contribution is -0.385. The molecule has 1 atom stereocenters. The number of hydrogen-bond donors (Lipinski definition) is 1. The fourth-order valence-corrected chi connectivity index (χ4v) is 4.20. The van der Waals surface area contributed by atoms with Gasteiger partial charge in [0, 0.05) is 27.6 Å². The van der Waals surface area contributed by atoms with Crippen molar-refractivity contribution in [1.82, 2.24) is 9.78 Å². The molecule has 2 aromatic carbocycles. The van der Waals surface area contributed by atoms with Gasteiger partial charge >= 0.3 is 0 Å². The van der Waals surface area contributed by atoms with E-state index in [2.05, 4.69) is 10.4 Å². The number of carbonyl (C=O) groups excluding carboxylic acids is 1. The Balaban J connectivity index is 1.90. The van der Waals surface area contributed by atoms with Gasteiger partial charge in [-0.15, -0.1) is 0 Å². The lowest BCUT2D eigenvalue weighted by Crippen LogP contribution is -2.26. The highest BCUT2D eigenvalue weighted by Crippen LogP contribution is 2.37. The van der Waals surface area contributed by atoms with E-state index in [9.17, 15) is 32.5 Å². The van der Waals surface area contributed by atoms with E-state index in [0.717, 1.165) is 16.5 Å². The molecular formula is C21H17ClF4N4O3S. The maximum absolute atomic E-state index is 13.4. The number of non-ortho nitro benzene ring substituents is 1. The van der Waals surface area contributed by atoms with Crippen LogP contribution in [0.1, 0.15) is 42.8 Å². The van der Waals surface area contributed by atoms with E-state index in [1.165, 1.54) is 30.8 Å². The van der Waals surface area contributed by atoms with Crippen molar-refractivity contribution in [1.29, 1.82) is 0 Å². The van der Waals surface area contributed by atoms with Crippen LogP contribution < -0.4 is 5.32 Å². The second kappa shape index (κ2) is 10.4. The van der Waals surface area contributed by atoms with Gasteiger partial charge in [-0.05, 0) is 32.0 Å². The van der Waals surface area contributed by atoms with Gasteiger partial charge in [-0.3, -0.25) is 14.9 Å². The molecule has 0 saturated heterocycles. The molecule has 1 N–H and O–H groups in total. The van der Waals surface area contributed by atoms with Gasteiger partial charge < -0.3 is 5.32 Å². The first-order valence-electron chi connectivity index (χ1n) is 9.67. The number of nitrogens with one attached hydrogen (secondary N) is 1. The Hall–Kier alpha value is -3.12. The zero-order valence-electron chi connectivity index (χ0n) is 17.6. The van der Waals surface area contributed by atoms with Gasteiger partial charge in [-0.25, -0.2) is 22.2 Å². The van der Waals surface area contributed by atoms with Crippen molar-refractivity contribution < 1.29 is 27.3 Å². The molecule has 180 valence electrons. The molecule has 0 radical (unpaired) electrons. The zero-order valence-corrected chi connectivity index (χ0v) is 19.2. The first-order chi connectivity index (χ1) is 16.0. The minimum Gasteiger partial charge on any atom is -0.324 e. The largest absolute Gasteiger partial charge is 0.324 e. The number of halogens is 5. The van der Waals surface area contributed by atoms with Crippen LogP contribution in [-0.2, 0) is 4.79 Å². The molecule has 1 aromatic heterocycles. The topological polar surface area (TPSA) is 90.1 Å². The number of amides is 1. The Labute approximate surface area is 200 Å². The molecule has 3 rings (SSSR count). The van der Waals surface area contributed by atoms with Gasteiger partial charge in [-0.1, -0.05) is 41.1 Å². The van der Waals surface area contributed by atoms with Crippen molar-refractivity contribution in [2.45, 2.75) is 42.5 Å². The van der Waals surface area contributed by atoms with Crippen LogP contribution >= 0.6 is 23.4 Å². The molecule has 7 nitrogen and oxygen atoms in total. The predicted molar refractivity (Wildman–Crippen MR) is 119 cm³/mol. The number of hydrogen-bond acceptors (Lipinski definition) is 5. The Bertz CT molecular complexity index is 1220. The molecule has 3 aromatic rings. The van der Waals surface area contributed by atoms with Crippen LogP contribution in [0.15, 0.2) is 52.3 Å². The summed E-state index contributed by atoms with van der Waals surface area (Å²) in [5, 5.41) is 16.3. The van der Waals surface area contributed by atoms with Crippen molar-refractivity contribution in [3.05, 3.63) is 74.6 Å². The standard InChI is InChI=1S/C21H17ClF4N4O3S/c1-10-3-5-14(6-4-10)34-15-8-12(7-13(9-15)30(32)33)27-21(31)11(2)29-18(20(25)26)16(22)17(28-29)19(23)24/h3-9,11,19-20H,1-2H3,(H,27,31). The van der Waals surface area contributed by atoms with Crippen molar-refractivity contribution in [2.24, 2.45) is 0 Å². The summed E-state index contributed by atoms with van der Waals surface area (Å²) in [4.78, 5) is 24.7. The molecule has 1 heterocycles. The van der Waals surface area contributed by atoms with Crippen molar-refractivity contribution in [2.75, 3.05) is 5.32 Å². The number of aromatic nitrogens is 2. The number of anilines is 1. The molecule has 34 heavy (non-hydrogen) atoms. The smallest absolute Gasteiger partial charge is 0.283 e. The van der Waals surface area contributed by atoms with Crippen LogP contribution in [-0.4, -0.2) is 20.6 Å². The van der Waals surface area contributed by atoms with Gasteiger partial charge in [-0.2, -0.15) is 5.10 Å². The maximum Gasteiger partial charge on any atom is 0.283 e. The molecular weight excluding hydrogens is 500 g/mol. The predicted octanol–water partition coefficient (Wildman–Crippen LogP) is 6.98. The van der Waals surface area contributed by atoms with Crippen LogP contribution in [0.4, 0.5) is 28.9 Å². The second-order valence-corrected chi connectivity index (χ2v) is 8.71. The maximum atomic E-state index is 13.4. The van der Waals surface area contributed by atoms with Gasteiger partial charge in [0.1, 0.15) is 17.4 Å². The zero-order chi connectivity index (χ0) is 25.2. The fraction of sp³-hybridized carbons (Fsp3) is 0.238. The molecule has 0 aliphatic rings. The first-order valence-corrected chi connectivity index (χ1v) is 10.9. The first kappa shape index (κ1) is 25.5. The molecule has 0 spiro atoms. The van der Waals surface area contributed by atoms with Gasteiger partial charge in [0.25, 0.3) is 18.5 Å². The van der Waals surface area contributed by atoms with Gasteiger partial charge in [0.2, 0.25) is 5.91 Å². The highest BCUT2D eigenvalue weighted by Gasteiger charge is 2.32. The van der Waals surface area contributed by atoms with Gasteiger partial charge in [0.15, 0.2) is 0 Å². The number of nitrogens with zero attached hydrogens (tertiary/aromatic N) is 3. The summed E-state index contributed by atoms with van der Waals surface area (Å²) in [6, 6.07) is 9.80. The average molecular weight is 517 g/mol. The van der Waals surface area contributed by atoms with Crippen LogP contribution in [0.3, 0.4) is 0 Å². The lowest BCUT2D eigenvalue weighted by Gasteiger charge is -2.16. The molecule has 1 amide bonds. The Morgan fingerprint density at radius 1 is 1.12 bits per heavy atom. The molecule has 13 heteroatoms. The summed E-state index contributed by atoms with van der Waals surface area (Å²) >= 11 is 6.85. The van der Waals surface area contributed by atoms with Crippen LogP contribution in [0.25, 0.3) is 0 Å². The minimum atomic E-state index is -3.27. The Kier molecular flexibility index (Phi) is 7.82. The average Bonchev–Trinajstić information content (AvgIpc) is 3.12. The van der Waals surface area contributed by atoms with Crippen molar-refractivity contribution in [3.8, 4) is 0 Å². The molecule has 0 aliphatic heterocycles. The summed E-state index contributed by atoms with van der Waals surface area (Å²) in [6.45, 7) is 3.08. The van der Waals surface area contributed by atoms with Crippen molar-refractivity contribution >= 4 is 40.6 Å². The van der Waals surface area contributed by atoms with E-state index < -0.39 is 46.1 Å². The second-order valence-electron chi connectivity index (χ2n) is 7.18. The number of carbonyl (C=O) groups is 1. The van der Waals surface area contributed by atoms with E-state index in [1.807, 2.05) is 31.2 Å². The highest BCUT2D eigenvalue weighted by molar-refractivity contribution is 7.99. The number of aryl methyl sites for hydroxylation is 1. The van der Waals surface area contributed by atoms with Crippen LogP contribution in [0, 0.1) is 17.0 Å². The third-order valence-electron chi connectivity index (χ3n) is 4.70. The molecule has 0 saturated carbocycles. The molecule has 0 bridgehead atoms. The SMILES string of the molecule is Cc1ccc(Sc2cc(NC(=O)C(C)n3nc(C(F)F)c(Cl)c3C(F)F)cc([N+](=O)[O-])c2)cc1. The van der Waals surface area contributed by atoms with E-state index in [-0.39, 0.29) is 11.4 Å². The molecule has 0 fully saturated rings. The fourth-order valence-electron chi connectivity index (χ4n) is 3.00. The lowest BCUT2D eigenvalue weighted by atomic mass is 10.2. The third-order valence-corrected chi connectivity index (χ3v) is 6.06. The summed E-state index contributed by atoms with van der Waals surface area (Å²) in [5.41, 5.74) is -1.35. The number of nitro benzene ring substituents is 1. The highest BCUT2D eigenvalue weighted by atomic mass is 35.5. The monoisotopic (exact) mass is 516 g/mol. The third kappa shape index (κ3) is 5.68. The molecule has 0 aliphatic carbocycles. The number of rotatable bonds is 8.